The Morgan fingerprint density at radius 2 is 1.56 bits per heavy atom. The summed E-state index contributed by atoms with van der Waals surface area (Å²) in [4.78, 5) is 12.5. The monoisotopic (exact) mass is 332 g/mol. The number of hydrogen-bond donors (Lipinski definition) is 1. The van der Waals surface area contributed by atoms with Crippen LogP contribution in [-0.4, -0.2) is 10.5 Å². The molecule has 1 N–H and O–H groups in total. The van der Waals surface area contributed by atoms with Gasteiger partial charge in [0.25, 0.3) is 0 Å². The number of nitrogens with zero attached hydrogens (tertiary/aromatic N) is 1. The first-order valence-corrected chi connectivity index (χ1v) is 8.55. The molecule has 0 aliphatic rings. The fraction of sp³-hybridized carbons (Fsp3) is 0.227. The number of carbonyl (C=O) groups excluding carboxylic acids is 1. The van der Waals surface area contributed by atoms with E-state index in [1.165, 1.54) is 0 Å². The summed E-state index contributed by atoms with van der Waals surface area (Å²) in [5.74, 6) is 0.00501. The maximum absolute atomic E-state index is 12.5. The zero-order chi connectivity index (χ0) is 17.9. The maximum atomic E-state index is 12.5. The Kier molecular flexibility index (Phi) is 4.75. The molecule has 0 unspecified atom stereocenters. The minimum atomic E-state index is -0.0116. The Morgan fingerprint density at radius 3 is 2.20 bits per heavy atom. The van der Waals surface area contributed by atoms with Gasteiger partial charge in [-0.1, -0.05) is 51.1 Å². The van der Waals surface area contributed by atoms with Gasteiger partial charge in [0, 0.05) is 23.8 Å². The average Bonchev–Trinajstić information content (AvgIpc) is 3.09. The highest BCUT2D eigenvalue weighted by molar-refractivity contribution is 5.93. The van der Waals surface area contributed by atoms with E-state index in [1.54, 1.807) is 0 Å². The molecule has 0 saturated heterocycles. The van der Waals surface area contributed by atoms with Gasteiger partial charge >= 0.3 is 0 Å². The van der Waals surface area contributed by atoms with Gasteiger partial charge in [-0.15, -0.1) is 0 Å². The van der Waals surface area contributed by atoms with E-state index in [-0.39, 0.29) is 11.3 Å². The second-order valence-corrected chi connectivity index (χ2v) is 7.28. The van der Waals surface area contributed by atoms with Crippen LogP contribution in [0.1, 0.15) is 31.9 Å². The molecule has 3 nitrogen and oxygen atoms in total. The summed E-state index contributed by atoms with van der Waals surface area (Å²) >= 11 is 0. The van der Waals surface area contributed by atoms with Gasteiger partial charge in [-0.05, 0) is 46.9 Å². The first kappa shape index (κ1) is 17.0. The topological polar surface area (TPSA) is 34.0 Å². The molecule has 0 fully saturated rings. The second kappa shape index (κ2) is 6.98. The van der Waals surface area contributed by atoms with Gasteiger partial charge in [0.1, 0.15) is 0 Å². The van der Waals surface area contributed by atoms with Crippen molar-refractivity contribution in [1.29, 1.82) is 0 Å². The highest BCUT2D eigenvalue weighted by Crippen LogP contribution is 2.29. The van der Waals surface area contributed by atoms with Gasteiger partial charge in [-0.25, -0.2) is 0 Å². The third-order valence-electron chi connectivity index (χ3n) is 4.21. The molecule has 1 heterocycles. The number of nitrogens with one attached hydrogen (secondary N) is 1. The highest BCUT2D eigenvalue weighted by Gasteiger charge is 2.18. The van der Waals surface area contributed by atoms with E-state index in [0.29, 0.717) is 6.42 Å². The molecular formula is C22H24N2O. The lowest BCUT2D eigenvalue weighted by Gasteiger charge is -2.23. The maximum Gasteiger partial charge on any atom is 0.228 e. The lowest BCUT2D eigenvalue weighted by molar-refractivity contribution is -0.115. The zero-order valence-electron chi connectivity index (χ0n) is 15.0. The van der Waals surface area contributed by atoms with E-state index in [0.717, 1.165) is 22.5 Å². The summed E-state index contributed by atoms with van der Waals surface area (Å²) in [5.41, 5.74) is 4.12. The van der Waals surface area contributed by atoms with Crippen molar-refractivity contribution in [2.24, 2.45) is 0 Å². The van der Waals surface area contributed by atoms with Crippen LogP contribution in [0.4, 0.5) is 5.69 Å². The van der Waals surface area contributed by atoms with Crippen molar-refractivity contribution < 1.29 is 4.79 Å². The van der Waals surface area contributed by atoms with Gasteiger partial charge in [-0.3, -0.25) is 4.79 Å². The van der Waals surface area contributed by atoms with Crippen molar-refractivity contribution in [3.63, 3.8) is 0 Å². The summed E-state index contributed by atoms with van der Waals surface area (Å²) in [6, 6.07) is 20.1. The summed E-state index contributed by atoms with van der Waals surface area (Å²) in [6.45, 7) is 6.45. The minimum Gasteiger partial charge on any atom is -0.326 e. The summed E-state index contributed by atoms with van der Waals surface area (Å²) in [6.07, 6.45) is 4.38. The van der Waals surface area contributed by atoms with Gasteiger partial charge < -0.3 is 9.88 Å². The smallest absolute Gasteiger partial charge is 0.228 e. The van der Waals surface area contributed by atoms with E-state index in [9.17, 15) is 4.79 Å². The largest absolute Gasteiger partial charge is 0.326 e. The molecule has 3 rings (SSSR count). The van der Waals surface area contributed by atoms with Crippen LogP contribution < -0.4 is 5.32 Å². The van der Waals surface area contributed by atoms with E-state index < -0.39 is 0 Å². The molecule has 2 aromatic carbocycles. The molecular weight excluding hydrogens is 308 g/mol. The van der Waals surface area contributed by atoms with Crippen LogP contribution in [0.3, 0.4) is 0 Å². The molecule has 3 heteroatoms. The summed E-state index contributed by atoms with van der Waals surface area (Å²) in [7, 11) is 0. The van der Waals surface area contributed by atoms with Crippen molar-refractivity contribution in [2.45, 2.75) is 32.6 Å². The fourth-order valence-corrected chi connectivity index (χ4v) is 2.92. The predicted molar refractivity (Wildman–Crippen MR) is 103 cm³/mol. The molecule has 0 spiro atoms. The van der Waals surface area contributed by atoms with E-state index in [2.05, 4.69) is 32.2 Å². The van der Waals surface area contributed by atoms with Crippen molar-refractivity contribution in [3.05, 3.63) is 84.2 Å². The lowest BCUT2D eigenvalue weighted by atomic mass is 9.86. The average molecular weight is 332 g/mol. The normalized spacial score (nSPS) is 11.3. The van der Waals surface area contributed by atoms with E-state index >= 15 is 0 Å². The van der Waals surface area contributed by atoms with Gasteiger partial charge in [0.2, 0.25) is 5.91 Å². The van der Waals surface area contributed by atoms with Crippen LogP contribution in [0.15, 0.2) is 73.1 Å². The first-order chi connectivity index (χ1) is 11.9. The molecule has 25 heavy (non-hydrogen) atoms. The van der Waals surface area contributed by atoms with Gasteiger partial charge in [0.15, 0.2) is 0 Å². The van der Waals surface area contributed by atoms with Crippen LogP contribution >= 0.6 is 0 Å². The molecule has 1 amide bonds. The van der Waals surface area contributed by atoms with Crippen LogP contribution in [-0.2, 0) is 16.6 Å². The Balaban J connectivity index is 1.69. The zero-order valence-corrected chi connectivity index (χ0v) is 15.0. The Morgan fingerprint density at radius 1 is 0.920 bits per heavy atom. The third-order valence-corrected chi connectivity index (χ3v) is 4.21. The highest BCUT2D eigenvalue weighted by atomic mass is 16.1. The number of carbonyl (C=O) groups is 1. The summed E-state index contributed by atoms with van der Waals surface area (Å²) in [5, 5.41) is 3.06. The van der Waals surface area contributed by atoms with Crippen molar-refractivity contribution in [2.75, 3.05) is 5.32 Å². The number of anilines is 1. The molecule has 0 aliphatic heterocycles. The third kappa shape index (κ3) is 4.18. The molecule has 1 aromatic heterocycles. The second-order valence-electron chi connectivity index (χ2n) is 7.28. The SMILES string of the molecule is CC(C)(C)c1ccccc1NC(=O)Cc1ccc(-n2cccc2)cc1. The standard InChI is InChI=1S/C22H24N2O/c1-22(2,3)19-8-4-5-9-20(19)23-21(25)16-17-10-12-18(13-11-17)24-14-6-7-15-24/h4-15H,16H2,1-3H3,(H,23,25). The number of benzene rings is 2. The number of aromatic nitrogens is 1. The molecule has 0 radical (unpaired) electrons. The van der Waals surface area contributed by atoms with Crippen LogP contribution in [0.5, 0.6) is 0 Å². The van der Waals surface area contributed by atoms with E-state index in [1.807, 2.05) is 71.6 Å². The Hall–Kier alpha value is -2.81. The van der Waals surface area contributed by atoms with Crippen molar-refractivity contribution >= 4 is 11.6 Å². The van der Waals surface area contributed by atoms with Gasteiger partial charge in [0.05, 0.1) is 6.42 Å². The molecule has 0 aliphatic carbocycles. The van der Waals surface area contributed by atoms with Crippen molar-refractivity contribution in [3.8, 4) is 5.69 Å². The number of hydrogen-bond acceptors (Lipinski definition) is 1. The number of amides is 1. The van der Waals surface area contributed by atoms with E-state index in [4.69, 9.17) is 0 Å². The van der Waals surface area contributed by atoms with Crippen LogP contribution in [0.2, 0.25) is 0 Å². The quantitative estimate of drug-likeness (QED) is 0.720. The van der Waals surface area contributed by atoms with Crippen molar-refractivity contribution in [1.82, 2.24) is 4.57 Å². The minimum absolute atomic E-state index is 0.00501. The first-order valence-electron chi connectivity index (χ1n) is 8.55. The fourth-order valence-electron chi connectivity index (χ4n) is 2.92. The molecule has 3 aromatic rings. The summed E-state index contributed by atoms with van der Waals surface area (Å²) < 4.78 is 2.05. The van der Waals surface area contributed by atoms with Crippen LogP contribution in [0, 0.1) is 0 Å². The Bertz CT molecular complexity index is 840. The molecule has 0 saturated carbocycles. The Labute approximate surface area is 149 Å². The predicted octanol–water partition coefficient (Wildman–Crippen LogP) is 4.96. The molecule has 0 atom stereocenters. The number of rotatable bonds is 4. The molecule has 128 valence electrons. The lowest BCUT2D eigenvalue weighted by Crippen LogP contribution is -2.19. The van der Waals surface area contributed by atoms with Gasteiger partial charge in [-0.2, -0.15) is 0 Å². The molecule has 0 bridgehead atoms. The van der Waals surface area contributed by atoms with Crippen LogP contribution in [0.25, 0.3) is 5.69 Å². The number of para-hydroxylation sites is 1.